The number of halogens is 2. The average molecular weight is 441 g/mol. The molecule has 0 radical (unpaired) electrons. The third kappa shape index (κ3) is 4.36. The van der Waals surface area contributed by atoms with E-state index < -0.39 is 0 Å². The van der Waals surface area contributed by atoms with Gasteiger partial charge in [-0.3, -0.25) is 4.79 Å². The molecule has 1 aliphatic heterocycles. The van der Waals surface area contributed by atoms with Gasteiger partial charge >= 0.3 is 0 Å². The van der Waals surface area contributed by atoms with Gasteiger partial charge in [0.1, 0.15) is 5.82 Å². The highest BCUT2D eigenvalue weighted by Gasteiger charge is 2.15. The summed E-state index contributed by atoms with van der Waals surface area (Å²) in [5.74, 6) is 0.329. The Morgan fingerprint density at radius 2 is 1.93 bits per heavy atom. The largest absolute Gasteiger partial charge is 0.326 e. The number of carbonyl (C=O) groups is 1. The van der Waals surface area contributed by atoms with Crippen molar-refractivity contribution in [1.82, 2.24) is 9.97 Å². The first-order chi connectivity index (χ1) is 13.6. The quantitative estimate of drug-likeness (QED) is 0.598. The molecule has 0 aliphatic carbocycles. The van der Waals surface area contributed by atoms with E-state index in [-0.39, 0.29) is 11.7 Å². The molecule has 4 rings (SSSR count). The summed E-state index contributed by atoms with van der Waals surface area (Å²) in [6.07, 6.45) is 4.42. The van der Waals surface area contributed by atoms with E-state index in [9.17, 15) is 9.18 Å². The number of carbonyl (C=O) groups excluding carboxylic acids is 1. The number of aryl methyl sites for hydroxylation is 3. The number of aromatic nitrogens is 2. The van der Waals surface area contributed by atoms with Gasteiger partial charge in [0.15, 0.2) is 0 Å². The van der Waals surface area contributed by atoms with Crippen molar-refractivity contribution in [1.29, 1.82) is 0 Å². The minimum absolute atomic E-state index is 0.0512. The van der Waals surface area contributed by atoms with Crippen molar-refractivity contribution in [3.63, 3.8) is 0 Å². The van der Waals surface area contributed by atoms with Crippen LogP contribution in [0.1, 0.15) is 23.2 Å². The average Bonchev–Trinajstić information content (AvgIpc) is 2.70. The van der Waals surface area contributed by atoms with Crippen molar-refractivity contribution in [2.45, 2.75) is 25.7 Å². The monoisotopic (exact) mass is 440 g/mol. The van der Waals surface area contributed by atoms with Crippen molar-refractivity contribution >= 4 is 39.2 Å². The van der Waals surface area contributed by atoms with E-state index in [0.717, 1.165) is 45.5 Å². The molecule has 7 heteroatoms. The number of anilines is 3. The van der Waals surface area contributed by atoms with Crippen LogP contribution in [0, 0.1) is 5.82 Å². The van der Waals surface area contributed by atoms with Crippen LogP contribution >= 0.6 is 15.9 Å². The second-order valence-electron chi connectivity index (χ2n) is 6.66. The first-order valence-corrected chi connectivity index (χ1v) is 9.82. The maximum Gasteiger partial charge on any atom is 0.227 e. The lowest BCUT2D eigenvalue weighted by Gasteiger charge is -2.18. The molecule has 0 spiro atoms. The summed E-state index contributed by atoms with van der Waals surface area (Å²) in [4.78, 5) is 20.4. The zero-order valence-corrected chi connectivity index (χ0v) is 16.6. The Morgan fingerprint density at radius 3 is 2.75 bits per heavy atom. The second kappa shape index (κ2) is 8.06. The van der Waals surface area contributed by atoms with Crippen LogP contribution < -0.4 is 10.6 Å². The van der Waals surface area contributed by atoms with Crippen molar-refractivity contribution in [2.75, 3.05) is 10.6 Å². The standard InChI is InChI=1S/C21H18BrFN4O/c22-17-12-24-21(27-19(17)8-3-13-1-5-15(23)6-2-13)25-16-7-9-18-14(11-16)4-10-20(28)26-18/h1-2,5-7,9,11-12H,3-4,8,10H2,(H,26,28)(H,24,25,27). The van der Waals surface area contributed by atoms with Crippen molar-refractivity contribution < 1.29 is 9.18 Å². The Bertz CT molecular complexity index is 1020. The number of nitrogens with zero attached hydrogens (tertiary/aromatic N) is 2. The van der Waals surface area contributed by atoms with Gasteiger partial charge in [0, 0.05) is 24.0 Å². The normalized spacial score (nSPS) is 13.0. The van der Waals surface area contributed by atoms with E-state index in [4.69, 9.17) is 0 Å². The van der Waals surface area contributed by atoms with Gasteiger partial charge in [-0.1, -0.05) is 12.1 Å². The molecule has 1 aromatic heterocycles. The van der Waals surface area contributed by atoms with Crippen molar-refractivity contribution in [3.05, 3.63) is 75.8 Å². The fraction of sp³-hybridized carbons (Fsp3) is 0.190. The Kier molecular flexibility index (Phi) is 5.34. The van der Waals surface area contributed by atoms with Crippen LogP contribution in [0.5, 0.6) is 0 Å². The number of amides is 1. The van der Waals surface area contributed by atoms with Crippen molar-refractivity contribution in [2.24, 2.45) is 0 Å². The Hall–Kier alpha value is -2.80. The predicted molar refractivity (Wildman–Crippen MR) is 110 cm³/mol. The molecule has 28 heavy (non-hydrogen) atoms. The lowest BCUT2D eigenvalue weighted by molar-refractivity contribution is -0.116. The Labute approximate surface area is 170 Å². The summed E-state index contributed by atoms with van der Waals surface area (Å²) in [6.45, 7) is 0. The molecule has 0 saturated carbocycles. The lowest BCUT2D eigenvalue weighted by Crippen LogP contribution is -2.18. The van der Waals surface area contributed by atoms with Gasteiger partial charge in [-0.2, -0.15) is 0 Å². The summed E-state index contributed by atoms with van der Waals surface area (Å²) in [5.41, 5.74) is 4.77. The molecule has 0 atom stereocenters. The highest BCUT2D eigenvalue weighted by Crippen LogP contribution is 2.27. The first kappa shape index (κ1) is 18.6. The summed E-state index contributed by atoms with van der Waals surface area (Å²) >= 11 is 3.50. The maximum absolute atomic E-state index is 13.0. The van der Waals surface area contributed by atoms with Crippen LogP contribution in [0.4, 0.5) is 21.7 Å². The fourth-order valence-electron chi connectivity index (χ4n) is 3.14. The molecule has 2 N–H and O–H groups in total. The topological polar surface area (TPSA) is 66.9 Å². The highest BCUT2D eigenvalue weighted by molar-refractivity contribution is 9.10. The number of nitrogens with one attached hydrogen (secondary N) is 2. The molecule has 2 aromatic carbocycles. The van der Waals surface area contributed by atoms with E-state index in [0.29, 0.717) is 18.8 Å². The molecule has 2 heterocycles. The molecule has 1 amide bonds. The van der Waals surface area contributed by atoms with Crippen molar-refractivity contribution in [3.8, 4) is 0 Å². The van der Waals surface area contributed by atoms with E-state index in [2.05, 4.69) is 36.5 Å². The van der Waals surface area contributed by atoms with Gasteiger partial charge in [-0.15, -0.1) is 0 Å². The van der Waals surface area contributed by atoms with Crippen LogP contribution in [-0.4, -0.2) is 15.9 Å². The third-order valence-electron chi connectivity index (χ3n) is 4.64. The van der Waals surface area contributed by atoms with Crippen LogP contribution in [0.2, 0.25) is 0 Å². The van der Waals surface area contributed by atoms with E-state index in [1.54, 1.807) is 18.3 Å². The predicted octanol–water partition coefficient (Wildman–Crippen LogP) is 4.79. The molecule has 3 aromatic rings. The third-order valence-corrected chi connectivity index (χ3v) is 5.30. The SMILES string of the molecule is O=C1CCc2cc(Nc3ncc(Br)c(CCc4ccc(F)cc4)n3)ccc2N1. The summed E-state index contributed by atoms with van der Waals surface area (Å²) in [5, 5.41) is 6.11. The molecular weight excluding hydrogens is 423 g/mol. The van der Waals surface area contributed by atoms with Gasteiger partial charge < -0.3 is 10.6 Å². The number of hydrogen-bond acceptors (Lipinski definition) is 4. The molecule has 5 nitrogen and oxygen atoms in total. The van der Waals surface area contributed by atoms with Crippen LogP contribution in [-0.2, 0) is 24.1 Å². The van der Waals surface area contributed by atoms with E-state index >= 15 is 0 Å². The van der Waals surface area contributed by atoms with Gasteiger partial charge in [0.05, 0.1) is 10.2 Å². The summed E-state index contributed by atoms with van der Waals surface area (Å²) in [6, 6.07) is 12.3. The maximum atomic E-state index is 13.0. The summed E-state index contributed by atoms with van der Waals surface area (Å²) in [7, 11) is 0. The fourth-order valence-corrected chi connectivity index (χ4v) is 3.53. The van der Waals surface area contributed by atoms with Gasteiger partial charge in [0.25, 0.3) is 0 Å². The van der Waals surface area contributed by atoms with E-state index in [1.807, 2.05) is 18.2 Å². The second-order valence-corrected chi connectivity index (χ2v) is 7.51. The lowest BCUT2D eigenvalue weighted by atomic mass is 10.0. The number of benzene rings is 2. The zero-order chi connectivity index (χ0) is 19.5. The molecular formula is C21H18BrFN4O. The minimum Gasteiger partial charge on any atom is -0.326 e. The van der Waals surface area contributed by atoms with Gasteiger partial charge in [0.2, 0.25) is 11.9 Å². The van der Waals surface area contributed by atoms with Crippen LogP contribution in [0.3, 0.4) is 0 Å². The molecule has 0 saturated heterocycles. The Morgan fingerprint density at radius 1 is 1.11 bits per heavy atom. The van der Waals surface area contributed by atoms with Gasteiger partial charge in [-0.25, -0.2) is 14.4 Å². The number of rotatable bonds is 5. The Balaban J connectivity index is 1.47. The molecule has 0 bridgehead atoms. The molecule has 1 aliphatic rings. The van der Waals surface area contributed by atoms with Crippen LogP contribution in [0.15, 0.2) is 53.1 Å². The first-order valence-electron chi connectivity index (χ1n) is 9.02. The van der Waals surface area contributed by atoms with Crippen LogP contribution in [0.25, 0.3) is 0 Å². The number of fused-ring (bicyclic) bond motifs is 1. The zero-order valence-electron chi connectivity index (χ0n) is 15.0. The molecule has 0 unspecified atom stereocenters. The smallest absolute Gasteiger partial charge is 0.227 e. The number of hydrogen-bond donors (Lipinski definition) is 2. The van der Waals surface area contributed by atoms with Gasteiger partial charge in [-0.05, 0) is 76.7 Å². The highest BCUT2D eigenvalue weighted by atomic mass is 79.9. The minimum atomic E-state index is -0.233. The molecule has 142 valence electrons. The van der Waals surface area contributed by atoms with E-state index in [1.165, 1.54) is 12.1 Å². The summed E-state index contributed by atoms with van der Waals surface area (Å²) < 4.78 is 13.9. The molecule has 0 fully saturated rings.